The molecule has 0 heterocycles. The molecule has 0 saturated carbocycles. The van der Waals surface area contributed by atoms with Gasteiger partial charge in [0.2, 0.25) is 5.91 Å². The minimum Gasteiger partial charge on any atom is -0.393 e. The Hall–Kier alpha value is -2.02. The number of rotatable bonds is 7. The molecule has 7 heteroatoms. The van der Waals surface area contributed by atoms with E-state index >= 15 is 0 Å². The van der Waals surface area contributed by atoms with Crippen LogP contribution in [0.5, 0.6) is 0 Å². The maximum absolute atomic E-state index is 13.4. The zero-order valence-corrected chi connectivity index (χ0v) is 12.5. The van der Waals surface area contributed by atoms with Crippen LogP contribution in [0.1, 0.15) is 30.6 Å². The Morgan fingerprint density at radius 2 is 1.91 bits per heavy atom. The zero-order valence-electron chi connectivity index (χ0n) is 12.5. The van der Waals surface area contributed by atoms with Crippen molar-refractivity contribution in [1.29, 1.82) is 0 Å². The zero-order chi connectivity index (χ0) is 16.7. The highest BCUT2D eigenvalue weighted by Gasteiger charge is 2.14. The van der Waals surface area contributed by atoms with Crippen molar-refractivity contribution < 1.29 is 23.5 Å². The first-order valence-corrected chi connectivity index (χ1v) is 6.97. The van der Waals surface area contributed by atoms with Crippen LogP contribution in [-0.2, 0) is 4.79 Å². The highest BCUT2D eigenvalue weighted by molar-refractivity contribution is 5.96. The minimum absolute atomic E-state index is 0.0918. The van der Waals surface area contributed by atoms with E-state index in [9.17, 15) is 23.5 Å². The third-order valence-corrected chi connectivity index (χ3v) is 2.98. The Morgan fingerprint density at radius 1 is 1.23 bits per heavy atom. The molecular weight excluding hydrogens is 294 g/mol. The maximum Gasteiger partial charge on any atom is 0.254 e. The molecule has 0 saturated heterocycles. The van der Waals surface area contributed by atoms with Gasteiger partial charge >= 0.3 is 0 Å². The summed E-state index contributed by atoms with van der Waals surface area (Å²) >= 11 is 0. The Labute approximate surface area is 127 Å². The Kier molecular flexibility index (Phi) is 6.91. The van der Waals surface area contributed by atoms with Gasteiger partial charge in [0.05, 0.1) is 18.2 Å². The number of hydrogen-bond donors (Lipinski definition) is 3. The van der Waals surface area contributed by atoms with Crippen LogP contribution in [0.25, 0.3) is 0 Å². The van der Waals surface area contributed by atoms with Crippen LogP contribution < -0.4 is 10.6 Å². The summed E-state index contributed by atoms with van der Waals surface area (Å²) in [5, 5.41) is 14.1. The Balaban J connectivity index is 2.39. The standard InChI is InChI=1S/C15H20F2N2O3/c1-9(5-10(2)20)7-18-14(21)8-19-15(22)12-4-3-11(16)6-13(12)17/h3-4,6,9-10,20H,5,7-8H2,1-2H3,(H,18,21)(H,19,22). The SMILES string of the molecule is CC(O)CC(C)CNC(=O)CNC(=O)c1ccc(F)cc1F. The second-order valence-corrected chi connectivity index (χ2v) is 5.30. The third kappa shape index (κ3) is 6.17. The molecule has 0 aliphatic carbocycles. The van der Waals surface area contributed by atoms with E-state index in [0.29, 0.717) is 19.0 Å². The molecule has 0 aromatic heterocycles. The molecule has 1 aromatic carbocycles. The molecule has 0 radical (unpaired) electrons. The molecule has 0 aliphatic heterocycles. The van der Waals surface area contributed by atoms with Crippen molar-refractivity contribution in [2.24, 2.45) is 5.92 Å². The van der Waals surface area contributed by atoms with Crippen LogP contribution in [-0.4, -0.2) is 36.1 Å². The molecule has 1 rings (SSSR count). The molecule has 0 fully saturated rings. The van der Waals surface area contributed by atoms with Gasteiger partial charge in [-0.1, -0.05) is 6.92 Å². The fourth-order valence-corrected chi connectivity index (χ4v) is 1.95. The first-order chi connectivity index (χ1) is 10.3. The van der Waals surface area contributed by atoms with Crippen molar-refractivity contribution in [3.8, 4) is 0 Å². The largest absolute Gasteiger partial charge is 0.393 e. The van der Waals surface area contributed by atoms with Gasteiger partial charge in [-0.05, 0) is 31.4 Å². The summed E-state index contributed by atoms with van der Waals surface area (Å²) in [4.78, 5) is 23.2. The molecule has 1 aromatic rings. The van der Waals surface area contributed by atoms with Gasteiger partial charge in [0, 0.05) is 12.6 Å². The molecule has 2 unspecified atom stereocenters. The number of aliphatic hydroxyl groups excluding tert-OH is 1. The minimum atomic E-state index is -0.983. The van der Waals surface area contributed by atoms with Crippen molar-refractivity contribution in [2.75, 3.05) is 13.1 Å². The lowest BCUT2D eigenvalue weighted by Gasteiger charge is -2.14. The number of aliphatic hydroxyl groups is 1. The van der Waals surface area contributed by atoms with Gasteiger partial charge in [-0.25, -0.2) is 8.78 Å². The van der Waals surface area contributed by atoms with Crippen molar-refractivity contribution in [1.82, 2.24) is 10.6 Å². The molecule has 2 amide bonds. The number of carbonyl (C=O) groups excluding carboxylic acids is 2. The van der Waals surface area contributed by atoms with Crippen LogP contribution in [0.3, 0.4) is 0 Å². The molecule has 2 atom stereocenters. The topological polar surface area (TPSA) is 78.4 Å². The van der Waals surface area contributed by atoms with Crippen LogP contribution in [0.2, 0.25) is 0 Å². The number of amides is 2. The van der Waals surface area contributed by atoms with E-state index < -0.39 is 29.6 Å². The summed E-state index contributed by atoms with van der Waals surface area (Å²) in [7, 11) is 0. The molecular formula is C15H20F2N2O3. The van der Waals surface area contributed by atoms with Gasteiger partial charge in [-0.3, -0.25) is 9.59 Å². The van der Waals surface area contributed by atoms with E-state index in [1.165, 1.54) is 0 Å². The van der Waals surface area contributed by atoms with Crippen molar-refractivity contribution in [3.05, 3.63) is 35.4 Å². The van der Waals surface area contributed by atoms with E-state index in [2.05, 4.69) is 10.6 Å². The number of hydrogen-bond acceptors (Lipinski definition) is 3. The number of carbonyl (C=O) groups is 2. The molecule has 22 heavy (non-hydrogen) atoms. The first kappa shape index (κ1) is 18.0. The quantitative estimate of drug-likeness (QED) is 0.708. The lowest BCUT2D eigenvalue weighted by atomic mass is 10.0. The summed E-state index contributed by atoms with van der Waals surface area (Å²) in [6.45, 7) is 3.59. The van der Waals surface area contributed by atoms with Crippen LogP contribution in [0.15, 0.2) is 18.2 Å². The summed E-state index contributed by atoms with van der Waals surface area (Å²) in [6, 6.07) is 2.59. The monoisotopic (exact) mass is 314 g/mol. The van der Waals surface area contributed by atoms with Crippen molar-refractivity contribution in [2.45, 2.75) is 26.4 Å². The summed E-state index contributed by atoms with van der Waals surface area (Å²) < 4.78 is 26.1. The summed E-state index contributed by atoms with van der Waals surface area (Å²) in [5.74, 6) is -2.88. The average molecular weight is 314 g/mol. The number of halogens is 2. The highest BCUT2D eigenvalue weighted by atomic mass is 19.1. The molecule has 0 spiro atoms. The molecule has 0 bridgehead atoms. The van der Waals surface area contributed by atoms with Crippen LogP contribution in [0.4, 0.5) is 8.78 Å². The average Bonchev–Trinajstić information content (AvgIpc) is 2.41. The van der Waals surface area contributed by atoms with Gasteiger partial charge in [-0.15, -0.1) is 0 Å². The highest BCUT2D eigenvalue weighted by Crippen LogP contribution is 2.09. The molecule has 122 valence electrons. The van der Waals surface area contributed by atoms with E-state index in [1.807, 2.05) is 6.92 Å². The van der Waals surface area contributed by atoms with Gasteiger partial charge in [-0.2, -0.15) is 0 Å². The third-order valence-electron chi connectivity index (χ3n) is 2.98. The number of benzene rings is 1. The van der Waals surface area contributed by atoms with Gasteiger partial charge in [0.25, 0.3) is 5.91 Å². The van der Waals surface area contributed by atoms with Gasteiger partial charge in [0.1, 0.15) is 11.6 Å². The normalized spacial score (nSPS) is 13.3. The number of nitrogens with one attached hydrogen (secondary N) is 2. The second kappa shape index (κ2) is 8.43. The Morgan fingerprint density at radius 3 is 2.50 bits per heavy atom. The predicted molar refractivity (Wildman–Crippen MR) is 77.2 cm³/mol. The first-order valence-electron chi connectivity index (χ1n) is 6.97. The maximum atomic E-state index is 13.4. The van der Waals surface area contributed by atoms with E-state index in [-0.39, 0.29) is 18.0 Å². The lowest BCUT2D eigenvalue weighted by Crippen LogP contribution is -2.39. The van der Waals surface area contributed by atoms with E-state index in [1.54, 1.807) is 6.92 Å². The summed E-state index contributed by atoms with van der Waals surface area (Å²) in [6.07, 6.45) is 0.0982. The van der Waals surface area contributed by atoms with Crippen molar-refractivity contribution in [3.63, 3.8) is 0 Å². The fraction of sp³-hybridized carbons (Fsp3) is 0.467. The lowest BCUT2D eigenvalue weighted by molar-refractivity contribution is -0.120. The molecule has 0 aliphatic rings. The second-order valence-electron chi connectivity index (χ2n) is 5.30. The molecule has 5 nitrogen and oxygen atoms in total. The predicted octanol–water partition coefficient (Wildman–Crippen LogP) is 1.22. The smallest absolute Gasteiger partial charge is 0.254 e. The van der Waals surface area contributed by atoms with Gasteiger partial charge < -0.3 is 15.7 Å². The fourth-order valence-electron chi connectivity index (χ4n) is 1.95. The van der Waals surface area contributed by atoms with Crippen LogP contribution in [0, 0.1) is 17.6 Å². The van der Waals surface area contributed by atoms with Crippen molar-refractivity contribution >= 4 is 11.8 Å². The van der Waals surface area contributed by atoms with E-state index in [0.717, 1.165) is 12.1 Å². The summed E-state index contributed by atoms with van der Waals surface area (Å²) in [5.41, 5.74) is -0.323. The molecule has 3 N–H and O–H groups in total. The Bertz CT molecular complexity index is 536. The van der Waals surface area contributed by atoms with E-state index in [4.69, 9.17) is 0 Å². The van der Waals surface area contributed by atoms with Gasteiger partial charge in [0.15, 0.2) is 0 Å². The van der Waals surface area contributed by atoms with Crippen LogP contribution >= 0.6 is 0 Å².